The van der Waals surface area contributed by atoms with Crippen molar-refractivity contribution in [2.45, 2.75) is 19.8 Å². The van der Waals surface area contributed by atoms with Crippen molar-refractivity contribution in [3.63, 3.8) is 0 Å². The van der Waals surface area contributed by atoms with Crippen molar-refractivity contribution in [1.82, 2.24) is 0 Å². The van der Waals surface area contributed by atoms with Gasteiger partial charge in [-0.15, -0.1) is 0 Å². The maximum Gasteiger partial charge on any atom is 0.328 e. The van der Waals surface area contributed by atoms with Gasteiger partial charge < -0.3 is 9.84 Å². The normalized spacial score (nSPS) is 15.6. The Morgan fingerprint density at radius 1 is 1.56 bits per heavy atom. The number of carbonyl (C=O) groups is 1. The molecule has 0 atom stereocenters. The first kappa shape index (κ1) is 13.0. The molecule has 1 aliphatic carbocycles. The van der Waals surface area contributed by atoms with Gasteiger partial charge in [-0.3, -0.25) is 0 Å². The van der Waals surface area contributed by atoms with Crippen LogP contribution >= 0.6 is 11.6 Å². The Hall–Kier alpha value is -1.48. The van der Waals surface area contributed by atoms with Gasteiger partial charge in [0.15, 0.2) is 0 Å². The standard InChI is InChI=1S/C14H15ClO3/c1-9-6-12(4-5-13(9)15)18-8-11(7-14(16)17)10-2-3-10/h4-7,10H,2-3,8H2,1H3,(H,16,17)/b11-7-. The van der Waals surface area contributed by atoms with Crippen LogP contribution in [0.4, 0.5) is 0 Å². The SMILES string of the molecule is Cc1cc(OC/C(=C/C(=O)O)C2CC2)ccc1Cl. The van der Waals surface area contributed by atoms with E-state index in [1.165, 1.54) is 6.08 Å². The van der Waals surface area contributed by atoms with Gasteiger partial charge in [-0.05, 0) is 55.0 Å². The predicted molar refractivity (Wildman–Crippen MR) is 70.1 cm³/mol. The van der Waals surface area contributed by atoms with E-state index in [1.807, 2.05) is 13.0 Å². The van der Waals surface area contributed by atoms with Crippen LogP contribution in [0.1, 0.15) is 18.4 Å². The highest BCUT2D eigenvalue weighted by Crippen LogP contribution is 2.36. The van der Waals surface area contributed by atoms with E-state index in [0.29, 0.717) is 23.3 Å². The van der Waals surface area contributed by atoms with E-state index in [0.717, 1.165) is 24.0 Å². The third-order valence-corrected chi connectivity index (χ3v) is 3.37. The second-order valence-corrected chi connectivity index (χ2v) is 4.94. The summed E-state index contributed by atoms with van der Waals surface area (Å²) in [6, 6.07) is 5.43. The van der Waals surface area contributed by atoms with Gasteiger partial charge in [0.1, 0.15) is 12.4 Å². The van der Waals surface area contributed by atoms with Crippen LogP contribution in [0.25, 0.3) is 0 Å². The molecule has 0 spiro atoms. The summed E-state index contributed by atoms with van der Waals surface area (Å²) in [5, 5.41) is 9.49. The largest absolute Gasteiger partial charge is 0.489 e. The van der Waals surface area contributed by atoms with Crippen LogP contribution < -0.4 is 4.74 Å². The molecule has 0 amide bonds. The lowest BCUT2D eigenvalue weighted by atomic mass is 10.1. The molecule has 3 nitrogen and oxygen atoms in total. The molecule has 1 N–H and O–H groups in total. The van der Waals surface area contributed by atoms with E-state index < -0.39 is 5.97 Å². The van der Waals surface area contributed by atoms with Crippen molar-refractivity contribution < 1.29 is 14.6 Å². The average molecular weight is 267 g/mol. The maximum absolute atomic E-state index is 10.7. The van der Waals surface area contributed by atoms with Gasteiger partial charge in [-0.1, -0.05) is 11.6 Å². The Morgan fingerprint density at radius 2 is 2.28 bits per heavy atom. The Balaban J connectivity index is 2.00. The van der Waals surface area contributed by atoms with Crippen LogP contribution in [0.2, 0.25) is 5.02 Å². The predicted octanol–water partition coefficient (Wildman–Crippen LogP) is 3.45. The zero-order valence-electron chi connectivity index (χ0n) is 10.1. The van der Waals surface area contributed by atoms with Gasteiger partial charge in [0, 0.05) is 11.1 Å². The van der Waals surface area contributed by atoms with Gasteiger partial charge in [0.25, 0.3) is 0 Å². The number of benzene rings is 1. The second kappa shape index (κ2) is 5.44. The molecule has 96 valence electrons. The third-order valence-electron chi connectivity index (χ3n) is 2.95. The molecule has 0 aromatic heterocycles. The van der Waals surface area contributed by atoms with Crippen LogP contribution in [-0.2, 0) is 4.79 Å². The van der Waals surface area contributed by atoms with Crippen molar-refractivity contribution in [2.24, 2.45) is 5.92 Å². The van der Waals surface area contributed by atoms with Crippen molar-refractivity contribution in [2.75, 3.05) is 6.61 Å². The molecule has 1 aliphatic rings. The first-order valence-corrected chi connectivity index (χ1v) is 6.26. The lowest BCUT2D eigenvalue weighted by Gasteiger charge is -2.09. The van der Waals surface area contributed by atoms with E-state index in [9.17, 15) is 4.79 Å². The Bertz CT molecular complexity index is 490. The lowest BCUT2D eigenvalue weighted by Crippen LogP contribution is -2.05. The van der Waals surface area contributed by atoms with Gasteiger partial charge in [0.05, 0.1) is 0 Å². The summed E-state index contributed by atoms with van der Waals surface area (Å²) in [4.78, 5) is 10.7. The Kier molecular flexibility index (Phi) is 3.92. The molecule has 0 unspecified atom stereocenters. The van der Waals surface area contributed by atoms with Gasteiger partial charge in [-0.2, -0.15) is 0 Å². The zero-order chi connectivity index (χ0) is 13.1. The van der Waals surface area contributed by atoms with Crippen molar-refractivity contribution >= 4 is 17.6 Å². The summed E-state index contributed by atoms with van der Waals surface area (Å²) in [5.41, 5.74) is 1.81. The minimum atomic E-state index is -0.909. The van der Waals surface area contributed by atoms with Crippen LogP contribution in [0.15, 0.2) is 29.8 Å². The fourth-order valence-electron chi connectivity index (χ4n) is 1.76. The van der Waals surface area contributed by atoms with E-state index in [-0.39, 0.29) is 0 Å². The van der Waals surface area contributed by atoms with Gasteiger partial charge in [-0.25, -0.2) is 4.79 Å². The summed E-state index contributed by atoms with van der Waals surface area (Å²) in [7, 11) is 0. The quantitative estimate of drug-likeness (QED) is 0.831. The van der Waals surface area contributed by atoms with Crippen LogP contribution in [0.5, 0.6) is 5.75 Å². The monoisotopic (exact) mass is 266 g/mol. The summed E-state index contributed by atoms with van der Waals surface area (Å²) in [6.07, 6.45) is 3.38. The number of ether oxygens (including phenoxy) is 1. The average Bonchev–Trinajstić information content (AvgIpc) is 3.12. The van der Waals surface area contributed by atoms with E-state index >= 15 is 0 Å². The maximum atomic E-state index is 10.7. The number of hydrogen-bond acceptors (Lipinski definition) is 2. The highest BCUT2D eigenvalue weighted by Gasteiger charge is 2.26. The van der Waals surface area contributed by atoms with Gasteiger partial charge >= 0.3 is 5.97 Å². The molecular formula is C14H15ClO3. The second-order valence-electron chi connectivity index (χ2n) is 4.53. The number of hydrogen-bond donors (Lipinski definition) is 1. The molecule has 0 radical (unpaired) electrons. The molecule has 1 aromatic rings. The number of carboxylic acids is 1. The summed E-state index contributed by atoms with van der Waals surface area (Å²) in [6.45, 7) is 2.24. The van der Waals surface area contributed by atoms with Crippen LogP contribution in [0, 0.1) is 12.8 Å². The molecule has 2 rings (SSSR count). The number of carboxylic acid groups (broad SMARTS) is 1. The van der Waals surface area contributed by atoms with Crippen LogP contribution in [-0.4, -0.2) is 17.7 Å². The van der Waals surface area contributed by atoms with Crippen molar-refractivity contribution in [3.05, 3.63) is 40.4 Å². The highest BCUT2D eigenvalue weighted by atomic mass is 35.5. The van der Waals surface area contributed by atoms with E-state index in [4.69, 9.17) is 21.4 Å². The third kappa shape index (κ3) is 3.50. The molecule has 0 heterocycles. The molecule has 0 saturated heterocycles. The van der Waals surface area contributed by atoms with Crippen LogP contribution in [0.3, 0.4) is 0 Å². The van der Waals surface area contributed by atoms with Crippen molar-refractivity contribution in [1.29, 1.82) is 0 Å². The molecular weight excluding hydrogens is 252 g/mol. The minimum Gasteiger partial charge on any atom is -0.489 e. The fourth-order valence-corrected chi connectivity index (χ4v) is 1.88. The Morgan fingerprint density at radius 3 is 2.83 bits per heavy atom. The topological polar surface area (TPSA) is 46.5 Å². The number of rotatable bonds is 5. The fraction of sp³-hybridized carbons (Fsp3) is 0.357. The first-order valence-electron chi connectivity index (χ1n) is 5.88. The zero-order valence-corrected chi connectivity index (χ0v) is 10.9. The molecule has 1 saturated carbocycles. The number of halogens is 1. The highest BCUT2D eigenvalue weighted by molar-refractivity contribution is 6.31. The first-order chi connectivity index (χ1) is 8.56. The van der Waals surface area contributed by atoms with E-state index in [2.05, 4.69) is 0 Å². The number of aliphatic carboxylic acids is 1. The van der Waals surface area contributed by atoms with Gasteiger partial charge in [0.2, 0.25) is 0 Å². The molecule has 0 bridgehead atoms. The van der Waals surface area contributed by atoms with Crippen molar-refractivity contribution in [3.8, 4) is 5.75 Å². The van der Waals surface area contributed by atoms with E-state index in [1.54, 1.807) is 12.1 Å². The lowest BCUT2D eigenvalue weighted by molar-refractivity contribution is -0.131. The summed E-state index contributed by atoms with van der Waals surface area (Å²) >= 11 is 5.93. The molecule has 1 fully saturated rings. The smallest absolute Gasteiger partial charge is 0.328 e. The summed E-state index contributed by atoms with van der Waals surface area (Å²) < 4.78 is 5.62. The molecule has 1 aromatic carbocycles. The molecule has 4 heteroatoms. The molecule has 18 heavy (non-hydrogen) atoms. The minimum absolute atomic E-state index is 0.331. The summed E-state index contributed by atoms with van der Waals surface area (Å²) in [5.74, 6) is 0.191. The molecule has 0 aliphatic heterocycles. The number of aryl methyl sites for hydroxylation is 1. The Labute approximate surface area is 111 Å².